The molecule has 2 rings (SSSR count). The van der Waals surface area contributed by atoms with E-state index in [9.17, 15) is 23.3 Å². The second-order valence-corrected chi connectivity index (χ2v) is 7.54. The number of carbonyl (C=O) groups is 1. The molecule has 1 N–H and O–H groups in total. The van der Waals surface area contributed by atoms with Gasteiger partial charge < -0.3 is 10.1 Å². The van der Waals surface area contributed by atoms with Gasteiger partial charge in [-0.15, -0.1) is 0 Å². The molecule has 0 aliphatic heterocycles. The third kappa shape index (κ3) is 4.67. The van der Waals surface area contributed by atoms with E-state index in [0.29, 0.717) is 0 Å². The maximum atomic E-state index is 12.5. The van der Waals surface area contributed by atoms with Gasteiger partial charge in [0, 0.05) is 25.2 Å². The van der Waals surface area contributed by atoms with Crippen molar-refractivity contribution in [3.63, 3.8) is 0 Å². The van der Waals surface area contributed by atoms with Gasteiger partial charge in [-0.3, -0.25) is 14.9 Å². The number of carbonyl (C=O) groups excluding carboxylic acids is 1. The van der Waals surface area contributed by atoms with E-state index in [1.807, 2.05) is 0 Å². The highest BCUT2D eigenvalue weighted by Gasteiger charge is 2.27. The van der Waals surface area contributed by atoms with Crippen LogP contribution in [0.4, 0.5) is 5.69 Å². The molecule has 1 aromatic rings. The molecule has 25 heavy (non-hydrogen) atoms. The second kappa shape index (κ2) is 7.79. The first kappa shape index (κ1) is 19.1. The van der Waals surface area contributed by atoms with Crippen molar-refractivity contribution in [2.45, 2.75) is 37.6 Å². The number of nitro groups is 1. The number of sulfonamides is 1. The molecule has 1 fully saturated rings. The highest BCUT2D eigenvalue weighted by atomic mass is 32.2. The maximum Gasteiger partial charge on any atom is 0.312 e. The van der Waals surface area contributed by atoms with E-state index in [-0.39, 0.29) is 42.3 Å². The first-order chi connectivity index (χ1) is 11.8. The molecule has 1 saturated carbocycles. The lowest BCUT2D eigenvalue weighted by atomic mass is 10.3. The van der Waals surface area contributed by atoms with Crippen LogP contribution >= 0.6 is 0 Å². The fourth-order valence-electron chi connectivity index (χ4n) is 2.28. The van der Waals surface area contributed by atoms with Gasteiger partial charge in [-0.1, -0.05) is 13.8 Å². The van der Waals surface area contributed by atoms with E-state index >= 15 is 0 Å². The Morgan fingerprint density at radius 1 is 1.36 bits per heavy atom. The maximum absolute atomic E-state index is 12.5. The molecule has 0 radical (unpaired) electrons. The molecule has 0 saturated heterocycles. The Bertz CT molecular complexity index is 757. The van der Waals surface area contributed by atoms with Crippen LogP contribution in [0.15, 0.2) is 23.1 Å². The van der Waals surface area contributed by atoms with Crippen LogP contribution in [0.5, 0.6) is 5.75 Å². The van der Waals surface area contributed by atoms with Crippen molar-refractivity contribution in [2.24, 2.45) is 0 Å². The lowest BCUT2D eigenvalue weighted by molar-refractivity contribution is -0.386. The molecule has 0 unspecified atom stereocenters. The molecule has 1 amide bonds. The fourth-order valence-corrected chi connectivity index (χ4v) is 3.75. The molecule has 0 atom stereocenters. The van der Waals surface area contributed by atoms with Gasteiger partial charge in [0.05, 0.1) is 9.82 Å². The second-order valence-electron chi connectivity index (χ2n) is 5.61. The Hall–Kier alpha value is -2.20. The van der Waals surface area contributed by atoms with Gasteiger partial charge in [0.1, 0.15) is 0 Å². The molecule has 0 spiro atoms. The first-order valence-electron chi connectivity index (χ1n) is 8.00. The summed E-state index contributed by atoms with van der Waals surface area (Å²) in [6.07, 6.45) is 1.84. The largest absolute Gasteiger partial charge is 0.477 e. The van der Waals surface area contributed by atoms with E-state index in [1.54, 1.807) is 13.8 Å². The summed E-state index contributed by atoms with van der Waals surface area (Å²) in [5.41, 5.74) is -0.493. The smallest absolute Gasteiger partial charge is 0.312 e. The summed E-state index contributed by atoms with van der Waals surface area (Å²) in [4.78, 5) is 22.0. The van der Waals surface area contributed by atoms with Gasteiger partial charge in [-0.2, -0.15) is 4.31 Å². The van der Waals surface area contributed by atoms with E-state index < -0.39 is 20.6 Å². The standard InChI is InChI=1S/C15H21N3O6S/c1-3-17(4-2)25(22,23)12-7-8-14(13(9-12)18(20)21)24-10-15(19)16-11-5-6-11/h7-9,11H,3-6,10H2,1-2H3,(H,16,19). The lowest BCUT2D eigenvalue weighted by Gasteiger charge is -2.18. The van der Waals surface area contributed by atoms with Crippen LogP contribution in [0, 0.1) is 10.1 Å². The van der Waals surface area contributed by atoms with E-state index in [1.165, 1.54) is 16.4 Å². The van der Waals surface area contributed by atoms with Gasteiger partial charge in [0.15, 0.2) is 12.4 Å². The summed E-state index contributed by atoms with van der Waals surface area (Å²) in [5, 5.41) is 14.0. The quantitative estimate of drug-likeness (QED) is 0.516. The summed E-state index contributed by atoms with van der Waals surface area (Å²) in [7, 11) is -3.82. The van der Waals surface area contributed by atoms with Crippen LogP contribution in [0.25, 0.3) is 0 Å². The van der Waals surface area contributed by atoms with Crippen molar-refractivity contribution in [3.05, 3.63) is 28.3 Å². The number of nitro benzene ring substituents is 1. The van der Waals surface area contributed by atoms with Gasteiger partial charge in [0.25, 0.3) is 5.91 Å². The average Bonchev–Trinajstić information content (AvgIpc) is 3.37. The molecule has 10 heteroatoms. The minimum absolute atomic E-state index is 0.144. The molecule has 138 valence electrons. The molecule has 9 nitrogen and oxygen atoms in total. The van der Waals surface area contributed by atoms with Crippen molar-refractivity contribution in [3.8, 4) is 5.75 Å². The molecule has 0 bridgehead atoms. The van der Waals surface area contributed by atoms with E-state index in [4.69, 9.17) is 4.74 Å². The topological polar surface area (TPSA) is 119 Å². The van der Waals surface area contributed by atoms with Crippen molar-refractivity contribution >= 4 is 21.6 Å². The zero-order valence-corrected chi connectivity index (χ0v) is 14.9. The molecule has 1 aromatic carbocycles. The number of nitrogens with one attached hydrogen (secondary N) is 1. The zero-order chi connectivity index (χ0) is 18.6. The van der Waals surface area contributed by atoms with Crippen LogP contribution in [-0.4, -0.2) is 49.3 Å². The van der Waals surface area contributed by atoms with Crippen LogP contribution in [0.1, 0.15) is 26.7 Å². The monoisotopic (exact) mass is 371 g/mol. The summed E-state index contributed by atoms with van der Waals surface area (Å²) < 4.78 is 31.4. The normalized spacial score (nSPS) is 14.4. The van der Waals surface area contributed by atoms with Crippen LogP contribution in [-0.2, 0) is 14.8 Å². The molecular weight excluding hydrogens is 350 g/mol. The molecule has 0 aromatic heterocycles. The fraction of sp³-hybridized carbons (Fsp3) is 0.533. The summed E-state index contributed by atoms with van der Waals surface area (Å²) in [6, 6.07) is 3.57. The Morgan fingerprint density at radius 3 is 2.52 bits per heavy atom. The summed E-state index contributed by atoms with van der Waals surface area (Å²) in [6.45, 7) is 3.52. The van der Waals surface area contributed by atoms with Gasteiger partial charge in [-0.25, -0.2) is 8.42 Å². The average molecular weight is 371 g/mol. The third-order valence-corrected chi connectivity index (χ3v) is 5.82. The Kier molecular flexibility index (Phi) is 5.96. The minimum Gasteiger partial charge on any atom is -0.477 e. The number of amides is 1. The minimum atomic E-state index is -3.82. The number of rotatable bonds is 9. The van der Waals surface area contributed by atoms with Crippen molar-refractivity contribution in [2.75, 3.05) is 19.7 Å². The number of hydrogen-bond acceptors (Lipinski definition) is 6. The highest BCUT2D eigenvalue weighted by Crippen LogP contribution is 2.31. The zero-order valence-electron chi connectivity index (χ0n) is 14.1. The van der Waals surface area contributed by atoms with Gasteiger partial charge in [-0.05, 0) is 25.0 Å². The third-order valence-electron chi connectivity index (χ3n) is 3.77. The number of ether oxygens (including phenoxy) is 1. The SMILES string of the molecule is CCN(CC)S(=O)(=O)c1ccc(OCC(=O)NC2CC2)c([N+](=O)[O-])c1. The predicted octanol–water partition coefficient (Wildman–Crippen LogP) is 1.28. The van der Waals surface area contributed by atoms with Crippen LogP contribution < -0.4 is 10.1 Å². The number of hydrogen-bond donors (Lipinski definition) is 1. The van der Waals surface area contributed by atoms with Crippen molar-refractivity contribution < 1.29 is 22.9 Å². The first-order valence-corrected chi connectivity index (χ1v) is 9.44. The molecular formula is C15H21N3O6S. The Morgan fingerprint density at radius 2 is 2.00 bits per heavy atom. The van der Waals surface area contributed by atoms with Crippen molar-refractivity contribution in [1.29, 1.82) is 0 Å². The number of benzene rings is 1. The molecule has 0 heterocycles. The highest BCUT2D eigenvalue weighted by molar-refractivity contribution is 7.89. The van der Waals surface area contributed by atoms with Crippen LogP contribution in [0.3, 0.4) is 0 Å². The molecule has 1 aliphatic rings. The van der Waals surface area contributed by atoms with Crippen LogP contribution in [0.2, 0.25) is 0 Å². The summed E-state index contributed by atoms with van der Waals surface area (Å²) in [5.74, 6) is -0.508. The number of nitrogens with zero attached hydrogens (tertiary/aromatic N) is 2. The van der Waals surface area contributed by atoms with Crippen molar-refractivity contribution in [1.82, 2.24) is 9.62 Å². The molecule has 1 aliphatic carbocycles. The van der Waals surface area contributed by atoms with Gasteiger partial charge >= 0.3 is 5.69 Å². The van der Waals surface area contributed by atoms with Gasteiger partial charge in [0.2, 0.25) is 10.0 Å². The van der Waals surface area contributed by atoms with E-state index in [0.717, 1.165) is 18.9 Å². The predicted molar refractivity (Wildman–Crippen MR) is 89.9 cm³/mol. The van der Waals surface area contributed by atoms with E-state index in [2.05, 4.69) is 5.32 Å². The Balaban J connectivity index is 2.21. The summed E-state index contributed by atoms with van der Waals surface area (Å²) >= 11 is 0. The lowest BCUT2D eigenvalue weighted by Crippen LogP contribution is -2.31. The Labute approximate surface area is 146 Å².